The molecule has 1 heterocycles. The molecule has 2 N–H and O–H groups in total. The molecular weight excluding hydrogens is 232 g/mol. The van der Waals surface area contributed by atoms with E-state index >= 15 is 0 Å². The SMILES string of the molecule is CC(C)(C)C(NC(=O)Cc1ccccn1)C(=O)O. The van der Waals surface area contributed by atoms with Gasteiger partial charge in [0.25, 0.3) is 0 Å². The molecule has 1 atom stereocenters. The van der Waals surface area contributed by atoms with Crippen LogP contribution >= 0.6 is 0 Å². The predicted octanol–water partition coefficient (Wildman–Crippen LogP) is 1.24. The summed E-state index contributed by atoms with van der Waals surface area (Å²) in [6.07, 6.45) is 1.68. The van der Waals surface area contributed by atoms with Crippen LogP contribution in [-0.4, -0.2) is 28.0 Å². The second-order valence-corrected chi connectivity index (χ2v) is 5.20. The number of nitrogens with zero attached hydrogens (tertiary/aromatic N) is 1. The van der Waals surface area contributed by atoms with E-state index in [1.165, 1.54) is 0 Å². The molecule has 0 aromatic carbocycles. The first-order valence-corrected chi connectivity index (χ1v) is 5.73. The quantitative estimate of drug-likeness (QED) is 0.842. The maximum Gasteiger partial charge on any atom is 0.326 e. The van der Waals surface area contributed by atoms with Crippen LogP contribution in [0.15, 0.2) is 24.4 Å². The van der Waals surface area contributed by atoms with E-state index in [4.69, 9.17) is 5.11 Å². The lowest BCUT2D eigenvalue weighted by molar-refractivity contribution is -0.144. The molecule has 0 aliphatic heterocycles. The molecule has 0 saturated heterocycles. The molecule has 1 rings (SSSR count). The minimum atomic E-state index is -1.03. The highest BCUT2D eigenvalue weighted by Gasteiger charge is 2.32. The van der Waals surface area contributed by atoms with Crippen LogP contribution in [0.4, 0.5) is 0 Å². The molecule has 1 unspecified atom stereocenters. The van der Waals surface area contributed by atoms with Crippen LogP contribution in [0.1, 0.15) is 26.5 Å². The fourth-order valence-electron chi connectivity index (χ4n) is 1.53. The summed E-state index contributed by atoms with van der Waals surface area (Å²) >= 11 is 0. The maximum atomic E-state index is 11.8. The van der Waals surface area contributed by atoms with Crippen molar-refractivity contribution in [2.24, 2.45) is 5.41 Å². The van der Waals surface area contributed by atoms with Gasteiger partial charge in [-0.2, -0.15) is 0 Å². The molecule has 18 heavy (non-hydrogen) atoms. The van der Waals surface area contributed by atoms with E-state index in [0.717, 1.165) is 0 Å². The number of carboxylic acid groups (broad SMARTS) is 1. The van der Waals surface area contributed by atoms with Gasteiger partial charge in [-0.1, -0.05) is 26.8 Å². The summed E-state index contributed by atoms with van der Waals surface area (Å²) < 4.78 is 0. The molecule has 0 aliphatic rings. The van der Waals surface area contributed by atoms with Gasteiger partial charge >= 0.3 is 5.97 Å². The molecule has 1 aromatic rings. The van der Waals surface area contributed by atoms with Gasteiger partial charge in [-0.05, 0) is 17.5 Å². The summed E-state index contributed by atoms with van der Waals surface area (Å²) in [6.45, 7) is 5.31. The largest absolute Gasteiger partial charge is 0.480 e. The normalized spacial score (nSPS) is 12.8. The van der Waals surface area contributed by atoms with Gasteiger partial charge in [0.05, 0.1) is 6.42 Å². The van der Waals surface area contributed by atoms with Crippen molar-refractivity contribution in [1.29, 1.82) is 0 Å². The number of hydrogen-bond donors (Lipinski definition) is 2. The zero-order chi connectivity index (χ0) is 13.8. The van der Waals surface area contributed by atoms with Crippen LogP contribution in [0.5, 0.6) is 0 Å². The molecule has 0 bridgehead atoms. The van der Waals surface area contributed by atoms with E-state index in [2.05, 4.69) is 10.3 Å². The topological polar surface area (TPSA) is 79.3 Å². The van der Waals surface area contributed by atoms with E-state index in [0.29, 0.717) is 5.69 Å². The highest BCUT2D eigenvalue weighted by molar-refractivity contribution is 5.85. The van der Waals surface area contributed by atoms with Crippen molar-refractivity contribution < 1.29 is 14.7 Å². The molecule has 0 radical (unpaired) electrons. The Morgan fingerprint density at radius 2 is 2.06 bits per heavy atom. The Labute approximate surface area is 106 Å². The number of carboxylic acids is 1. The predicted molar refractivity (Wildman–Crippen MR) is 67.0 cm³/mol. The molecule has 0 saturated carbocycles. The molecule has 1 aromatic heterocycles. The smallest absolute Gasteiger partial charge is 0.326 e. The Hall–Kier alpha value is -1.91. The number of hydrogen-bond acceptors (Lipinski definition) is 3. The number of pyridine rings is 1. The molecule has 0 spiro atoms. The second kappa shape index (κ2) is 5.62. The third-order valence-electron chi connectivity index (χ3n) is 2.49. The van der Waals surface area contributed by atoms with Gasteiger partial charge in [0.2, 0.25) is 5.91 Å². The van der Waals surface area contributed by atoms with Crippen molar-refractivity contribution in [3.05, 3.63) is 30.1 Å². The van der Waals surface area contributed by atoms with E-state index in [1.807, 2.05) is 0 Å². The maximum absolute atomic E-state index is 11.8. The average Bonchev–Trinajstić information content (AvgIpc) is 2.25. The van der Waals surface area contributed by atoms with Crippen molar-refractivity contribution in [3.63, 3.8) is 0 Å². The Balaban J connectivity index is 2.66. The third kappa shape index (κ3) is 4.16. The lowest BCUT2D eigenvalue weighted by atomic mass is 9.86. The van der Waals surface area contributed by atoms with Crippen LogP contribution < -0.4 is 5.32 Å². The van der Waals surface area contributed by atoms with Gasteiger partial charge in [-0.25, -0.2) is 4.79 Å². The first kappa shape index (κ1) is 14.2. The van der Waals surface area contributed by atoms with Gasteiger partial charge in [0.15, 0.2) is 0 Å². The van der Waals surface area contributed by atoms with Crippen molar-refractivity contribution in [3.8, 4) is 0 Å². The summed E-state index contributed by atoms with van der Waals surface area (Å²) in [5.41, 5.74) is 0.0825. The highest BCUT2D eigenvalue weighted by Crippen LogP contribution is 2.19. The van der Waals surface area contributed by atoms with Gasteiger partial charge in [0.1, 0.15) is 6.04 Å². The van der Waals surface area contributed by atoms with Crippen LogP contribution in [-0.2, 0) is 16.0 Å². The van der Waals surface area contributed by atoms with Crippen LogP contribution in [0, 0.1) is 5.41 Å². The van der Waals surface area contributed by atoms with Crippen molar-refractivity contribution in [2.45, 2.75) is 33.2 Å². The molecule has 5 heteroatoms. The van der Waals surface area contributed by atoms with Gasteiger partial charge in [0, 0.05) is 11.9 Å². The standard InChI is InChI=1S/C13H18N2O3/c1-13(2,3)11(12(17)18)15-10(16)8-9-6-4-5-7-14-9/h4-7,11H,8H2,1-3H3,(H,15,16)(H,17,18). The zero-order valence-electron chi connectivity index (χ0n) is 10.8. The summed E-state index contributed by atoms with van der Waals surface area (Å²) in [5.74, 6) is -1.37. The molecule has 1 amide bonds. The van der Waals surface area contributed by atoms with E-state index in [-0.39, 0.29) is 12.3 Å². The third-order valence-corrected chi connectivity index (χ3v) is 2.49. The molecule has 0 fully saturated rings. The minimum absolute atomic E-state index is 0.0840. The number of nitrogens with one attached hydrogen (secondary N) is 1. The number of aromatic nitrogens is 1. The molecule has 0 aliphatic carbocycles. The Morgan fingerprint density at radius 1 is 1.39 bits per heavy atom. The monoisotopic (exact) mass is 250 g/mol. The Morgan fingerprint density at radius 3 is 2.50 bits per heavy atom. The van der Waals surface area contributed by atoms with E-state index < -0.39 is 17.4 Å². The molecule has 5 nitrogen and oxygen atoms in total. The molecule has 98 valence electrons. The van der Waals surface area contributed by atoms with Crippen molar-refractivity contribution >= 4 is 11.9 Å². The lowest BCUT2D eigenvalue weighted by Gasteiger charge is -2.27. The minimum Gasteiger partial charge on any atom is -0.480 e. The fourth-order valence-corrected chi connectivity index (χ4v) is 1.53. The first-order valence-electron chi connectivity index (χ1n) is 5.73. The number of aliphatic carboxylic acids is 1. The lowest BCUT2D eigenvalue weighted by Crippen LogP contribution is -2.49. The summed E-state index contributed by atoms with van der Waals surface area (Å²) in [5, 5.41) is 11.6. The van der Waals surface area contributed by atoms with Crippen molar-refractivity contribution in [1.82, 2.24) is 10.3 Å². The molecular formula is C13H18N2O3. The first-order chi connectivity index (χ1) is 8.30. The summed E-state index contributed by atoms with van der Waals surface area (Å²) in [7, 11) is 0. The van der Waals surface area contributed by atoms with Crippen LogP contribution in [0.3, 0.4) is 0 Å². The fraction of sp³-hybridized carbons (Fsp3) is 0.462. The average molecular weight is 250 g/mol. The van der Waals surface area contributed by atoms with Gasteiger partial charge in [-0.15, -0.1) is 0 Å². The Bertz CT molecular complexity index is 424. The van der Waals surface area contributed by atoms with Crippen molar-refractivity contribution in [2.75, 3.05) is 0 Å². The van der Waals surface area contributed by atoms with Gasteiger partial charge < -0.3 is 10.4 Å². The second-order valence-electron chi connectivity index (χ2n) is 5.20. The van der Waals surface area contributed by atoms with Crippen LogP contribution in [0.25, 0.3) is 0 Å². The van der Waals surface area contributed by atoms with Gasteiger partial charge in [-0.3, -0.25) is 9.78 Å². The number of carbonyl (C=O) groups excluding carboxylic acids is 1. The Kier molecular flexibility index (Phi) is 4.42. The summed E-state index contributed by atoms with van der Waals surface area (Å²) in [4.78, 5) is 26.9. The van der Waals surface area contributed by atoms with E-state index in [1.54, 1.807) is 45.2 Å². The summed E-state index contributed by atoms with van der Waals surface area (Å²) in [6, 6.07) is 4.37. The number of amides is 1. The highest BCUT2D eigenvalue weighted by atomic mass is 16.4. The number of carbonyl (C=O) groups is 2. The zero-order valence-corrected chi connectivity index (χ0v) is 10.8. The van der Waals surface area contributed by atoms with E-state index in [9.17, 15) is 9.59 Å². The number of rotatable bonds is 4. The van der Waals surface area contributed by atoms with Crippen LogP contribution in [0.2, 0.25) is 0 Å².